The van der Waals surface area contributed by atoms with Crippen LogP contribution in [-0.4, -0.2) is 42.2 Å². The lowest BCUT2D eigenvalue weighted by molar-refractivity contribution is 0.150. The Kier molecular flexibility index (Phi) is 4.41. The van der Waals surface area contributed by atoms with Crippen LogP contribution in [0.5, 0.6) is 0 Å². The van der Waals surface area contributed by atoms with Crippen molar-refractivity contribution in [2.24, 2.45) is 7.05 Å². The summed E-state index contributed by atoms with van der Waals surface area (Å²) in [6, 6.07) is 4.66. The van der Waals surface area contributed by atoms with E-state index in [1.807, 2.05) is 13.1 Å². The van der Waals surface area contributed by atoms with Crippen molar-refractivity contribution in [1.29, 1.82) is 0 Å². The lowest BCUT2D eigenvalue weighted by Crippen LogP contribution is -2.36. The Labute approximate surface area is 143 Å². The molecule has 6 nitrogen and oxygen atoms in total. The Morgan fingerprint density at radius 3 is 2.75 bits per heavy atom. The third-order valence-corrected chi connectivity index (χ3v) is 5.57. The summed E-state index contributed by atoms with van der Waals surface area (Å²) in [6.07, 6.45) is 8.92. The first-order valence-electron chi connectivity index (χ1n) is 9.19. The van der Waals surface area contributed by atoms with Gasteiger partial charge in [0.1, 0.15) is 6.10 Å². The Bertz CT molecular complexity index is 685. The Morgan fingerprint density at radius 2 is 2.00 bits per heavy atom. The van der Waals surface area contributed by atoms with E-state index in [1.54, 1.807) is 10.9 Å². The van der Waals surface area contributed by atoms with E-state index in [-0.39, 0.29) is 0 Å². The summed E-state index contributed by atoms with van der Waals surface area (Å²) >= 11 is 0. The number of aromatic nitrogens is 4. The van der Waals surface area contributed by atoms with Crippen LogP contribution in [0.2, 0.25) is 0 Å². The molecule has 1 saturated carbocycles. The first-order valence-corrected chi connectivity index (χ1v) is 9.19. The number of aliphatic hydroxyl groups is 1. The van der Waals surface area contributed by atoms with Crippen LogP contribution in [0.3, 0.4) is 0 Å². The fraction of sp³-hybridized carbons (Fsp3) is 0.667. The number of nitrogens with zero attached hydrogens (tertiary/aromatic N) is 5. The van der Waals surface area contributed by atoms with Crippen LogP contribution in [-0.2, 0) is 20.1 Å². The first kappa shape index (κ1) is 15.8. The summed E-state index contributed by atoms with van der Waals surface area (Å²) in [5.74, 6) is 0. The molecule has 2 aromatic rings. The molecule has 1 N–H and O–H groups in total. The van der Waals surface area contributed by atoms with E-state index in [0.29, 0.717) is 0 Å². The van der Waals surface area contributed by atoms with Crippen molar-refractivity contribution in [3.8, 4) is 0 Å². The second kappa shape index (κ2) is 6.69. The topological polar surface area (TPSA) is 59.1 Å². The van der Waals surface area contributed by atoms with Gasteiger partial charge in [0.25, 0.3) is 0 Å². The SMILES string of the molecule is Cn1nccc1C(O)c1cc2n(n1)CCCN(C1CCCCC1)C2. The quantitative estimate of drug-likeness (QED) is 0.938. The van der Waals surface area contributed by atoms with E-state index in [4.69, 9.17) is 0 Å². The van der Waals surface area contributed by atoms with Crippen LogP contribution in [0.1, 0.15) is 61.7 Å². The highest BCUT2D eigenvalue weighted by molar-refractivity contribution is 5.21. The molecule has 6 heteroatoms. The van der Waals surface area contributed by atoms with Crippen molar-refractivity contribution in [2.45, 2.75) is 63.8 Å². The van der Waals surface area contributed by atoms with Gasteiger partial charge in [0.15, 0.2) is 0 Å². The third kappa shape index (κ3) is 3.00. The zero-order valence-corrected chi connectivity index (χ0v) is 14.4. The minimum atomic E-state index is -0.708. The van der Waals surface area contributed by atoms with Crippen molar-refractivity contribution < 1.29 is 5.11 Å². The number of fused-ring (bicyclic) bond motifs is 1. The largest absolute Gasteiger partial charge is 0.380 e. The Morgan fingerprint density at radius 1 is 1.17 bits per heavy atom. The summed E-state index contributed by atoms with van der Waals surface area (Å²) in [5.41, 5.74) is 2.75. The van der Waals surface area contributed by atoms with Gasteiger partial charge < -0.3 is 5.11 Å². The highest BCUT2D eigenvalue weighted by atomic mass is 16.3. The fourth-order valence-electron chi connectivity index (χ4n) is 4.20. The van der Waals surface area contributed by atoms with Gasteiger partial charge in [-0.15, -0.1) is 0 Å². The van der Waals surface area contributed by atoms with Gasteiger partial charge in [-0.25, -0.2) is 0 Å². The van der Waals surface area contributed by atoms with Crippen molar-refractivity contribution >= 4 is 0 Å². The number of rotatable bonds is 3. The van der Waals surface area contributed by atoms with Crippen LogP contribution >= 0.6 is 0 Å². The average Bonchev–Trinajstić information content (AvgIpc) is 3.16. The molecule has 1 atom stereocenters. The normalized spacial score (nSPS) is 21.4. The molecule has 0 spiro atoms. The molecular formula is C18H27N5O. The maximum Gasteiger partial charge on any atom is 0.139 e. The zero-order valence-electron chi connectivity index (χ0n) is 14.4. The summed E-state index contributed by atoms with van der Waals surface area (Å²) < 4.78 is 3.81. The first-order chi connectivity index (χ1) is 11.7. The Hall–Kier alpha value is -1.66. The molecule has 0 aromatic carbocycles. The summed E-state index contributed by atoms with van der Waals surface area (Å²) in [4.78, 5) is 2.64. The van der Waals surface area contributed by atoms with Crippen LogP contribution in [0.15, 0.2) is 18.3 Å². The number of hydrogen-bond donors (Lipinski definition) is 1. The molecule has 1 aliphatic heterocycles. The minimum absolute atomic E-state index is 0.708. The van der Waals surface area contributed by atoms with Gasteiger partial charge in [0.05, 0.1) is 17.1 Å². The zero-order chi connectivity index (χ0) is 16.5. The van der Waals surface area contributed by atoms with Crippen LogP contribution in [0.4, 0.5) is 0 Å². The van der Waals surface area contributed by atoms with Gasteiger partial charge in [-0.1, -0.05) is 19.3 Å². The van der Waals surface area contributed by atoms with Crippen LogP contribution in [0, 0.1) is 0 Å². The molecule has 2 aliphatic rings. The molecule has 1 unspecified atom stereocenters. The fourth-order valence-corrected chi connectivity index (χ4v) is 4.20. The Balaban J connectivity index is 1.54. The van der Waals surface area contributed by atoms with Crippen molar-refractivity contribution in [2.75, 3.05) is 6.54 Å². The summed E-state index contributed by atoms with van der Waals surface area (Å²) in [6.45, 7) is 3.06. The van der Waals surface area contributed by atoms with E-state index >= 15 is 0 Å². The van der Waals surface area contributed by atoms with Gasteiger partial charge in [0.2, 0.25) is 0 Å². The van der Waals surface area contributed by atoms with E-state index < -0.39 is 6.10 Å². The molecule has 1 aliphatic carbocycles. The van der Waals surface area contributed by atoms with Gasteiger partial charge in [0, 0.05) is 38.9 Å². The second-order valence-corrected chi connectivity index (χ2v) is 7.18. The van der Waals surface area contributed by atoms with Gasteiger partial charge in [-0.3, -0.25) is 14.3 Å². The third-order valence-electron chi connectivity index (χ3n) is 5.57. The molecule has 0 bridgehead atoms. The highest BCUT2D eigenvalue weighted by Gasteiger charge is 2.26. The lowest BCUT2D eigenvalue weighted by Gasteiger charge is -2.33. The van der Waals surface area contributed by atoms with Gasteiger partial charge in [-0.05, 0) is 31.4 Å². The number of aryl methyl sites for hydroxylation is 2. The van der Waals surface area contributed by atoms with E-state index in [2.05, 4.69) is 25.8 Å². The van der Waals surface area contributed by atoms with Gasteiger partial charge >= 0.3 is 0 Å². The molecule has 24 heavy (non-hydrogen) atoms. The van der Waals surface area contributed by atoms with Crippen LogP contribution in [0.25, 0.3) is 0 Å². The molecule has 0 radical (unpaired) electrons. The van der Waals surface area contributed by atoms with Crippen LogP contribution < -0.4 is 0 Å². The standard InChI is InChI=1S/C18H27N5O/c1-21-17(8-9-19-21)18(24)16-12-15-13-22(10-5-11-23(15)20-16)14-6-3-2-4-7-14/h8-9,12,14,18,24H,2-7,10-11,13H2,1H3. The molecule has 1 fully saturated rings. The molecule has 0 saturated heterocycles. The minimum Gasteiger partial charge on any atom is -0.380 e. The molecule has 4 rings (SSSR count). The predicted octanol–water partition coefficient (Wildman–Crippen LogP) is 2.24. The van der Waals surface area contributed by atoms with Crippen molar-refractivity contribution in [3.63, 3.8) is 0 Å². The van der Waals surface area contributed by atoms with E-state index in [1.165, 1.54) is 37.8 Å². The average molecular weight is 329 g/mol. The predicted molar refractivity (Wildman–Crippen MR) is 91.4 cm³/mol. The van der Waals surface area contributed by atoms with E-state index in [0.717, 1.165) is 43.5 Å². The molecule has 2 aromatic heterocycles. The maximum absolute atomic E-state index is 10.6. The number of aliphatic hydroxyl groups excluding tert-OH is 1. The number of hydrogen-bond acceptors (Lipinski definition) is 4. The molecule has 3 heterocycles. The summed E-state index contributed by atoms with van der Waals surface area (Å²) in [7, 11) is 1.85. The monoisotopic (exact) mass is 329 g/mol. The highest BCUT2D eigenvalue weighted by Crippen LogP contribution is 2.27. The molecular weight excluding hydrogens is 302 g/mol. The van der Waals surface area contributed by atoms with Crippen molar-refractivity contribution in [1.82, 2.24) is 24.5 Å². The van der Waals surface area contributed by atoms with E-state index in [9.17, 15) is 5.11 Å². The smallest absolute Gasteiger partial charge is 0.139 e. The van der Waals surface area contributed by atoms with Crippen molar-refractivity contribution in [3.05, 3.63) is 35.4 Å². The maximum atomic E-state index is 10.6. The lowest BCUT2D eigenvalue weighted by atomic mass is 9.94. The molecule has 130 valence electrons. The van der Waals surface area contributed by atoms with Gasteiger partial charge in [-0.2, -0.15) is 10.2 Å². The molecule has 0 amide bonds. The summed E-state index contributed by atoms with van der Waals surface area (Å²) in [5, 5.41) is 19.5. The second-order valence-electron chi connectivity index (χ2n) is 7.18.